The van der Waals surface area contributed by atoms with Gasteiger partial charge in [-0.25, -0.2) is 9.55 Å². The summed E-state index contributed by atoms with van der Waals surface area (Å²) in [6.07, 6.45) is 3.30. The van der Waals surface area contributed by atoms with Crippen LogP contribution in [0.2, 0.25) is 0 Å². The van der Waals surface area contributed by atoms with E-state index in [4.69, 9.17) is 5.73 Å². The van der Waals surface area contributed by atoms with Gasteiger partial charge in [-0.2, -0.15) is 0 Å². The molecule has 3 N–H and O–H groups in total. The average Bonchev–Trinajstić information content (AvgIpc) is 2.92. The molecule has 6 nitrogen and oxygen atoms in total. The van der Waals surface area contributed by atoms with Crippen LogP contribution in [-0.2, 0) is 6.54 Å². The molecule has 0 bridgehead atoms. The first-order valence-corrected chi connectivity index (χ1v) is 6.00. The summed E-state index contributed by atoms with van der Waals surface area (Å²) < 4.78 is 1.93. The van der Waals surface area contributed by atoms with Crippen molar-refractivity contribution in [2.75, 3.05) is 5.73 Å². The molecule has 0 amide bonds. The van der Waals surface area contributed by atoms with Gasteiger partial charge in [0.15, 0.2) is 11.8 Å². The SMILES string of the molecule is Cc1nc(C[n+]2cnc(N)c3[nH]cnc32)cs1. The second-order valence-corrected chi connectivity index (χ2v) is 4.78. The van der Waals surface area contributed by atoms with E-state index >= 15 is 0 Å². The zero-order chi connectivity index (χ0) is 11.8. The number of nitrogens with two attached hydrogens (primary N) is 1. The van der Waals surface area contributed by atoms with Crippen LogP contribution in [0, 0.1) is 6.92 Å². The molecule has 0 atom stereocenters. The highest BCUT2D eigenvalue weighted by Gasteiger charge is 2.15. The van der Waals surface area contributed by atoms with Crippen molar-refractivity contribution in [2.24, 2.45) is 0 Å². The Balaban J connectivity index is 2.06. The van der Waals surface area contributed by atoms with Crippen molar-refractivity contribution in [3.8, 4) is 0 Å². The number of nitrogen functional groups attached to an aromatic ring is 1. The van der Waals surface area contributed by atoms with E-state index < -0.39 is 0 Å². The van der Waals surface area contributed by atoms with Gasteiger partial charge < -0.3 is 10.7 Å². The molecular formula is C10H11N6S+. The van der Waals surface area contributed by atoms with Gasteiger partial charge in [-0.1, -0.05) is 9.97 Å². The van der Waals surface area contributed by atoms with Crippen LogP contribution in [-0.4, -0.2) is 19.9 Å². The standard InChI is InChI=1S/C10H10N6S/c1-6-15-7(3-17-6)2-16-5-14-9(11)8-10(16)13-4-12-8/h3-5H,2H2,1H3,(H2,11,12,13)/p+1. The number of hydrogen-bond donors (Lipinski definition) is 2. The number of thiazole rings is 1. The number of anilines is 1. The molecule has 3 aromatic heterocycles. The lowest BCUT2D eigenvalue weighted by atomic mass is 10.4. The fourth-order valence-electron chi connectivity index (χ4n) is 1.72. The van der Waals surface area contributed by atoms with Gasteiger partial charge >= 0.3 is 0 Å². The smallest absolute Gasteiger partial charge is 0.293 e. The second kappa shape index (κ2) is 3.77. The Labute approximate surface area is 101 Å². The predicted molar refractivity (Wildman–Crippen MR) is 64.4 cm³/mol. The fourth-order valence-corrected chi connectivity index (χ4v) is 2.32. The molecule has 3 heterocycles. The first kappa shape index (κ1) is 10.2. The molecule has 0 radical (unpaired) electrons. The van der Waals surface area contributed by atoms with Crippen molar-refractivity contribution < 1.29 is 4.57 Å². The van der Waals surface area contributed by atoms with Crippen LogP contribution in [0.5, 0.6) is 0 Å². The third kappa shape index (κ3) is 1.74. The summed E-state index contributed by atoms with van der Waals surface area (Å²) in [6, 6.07) is 0. The van der Waals surface area contributed by atoms with E-state index in [0.29, 0.717) is 12.4 Å². The monoisotopic (exact) mass is 247 g/mol. The number of H-pyrrole nitrogens is 1. The van der Waals surface area contributed by atoms with Crippen LogP contribution in [0.3, 0.4) is 0 Å². The Bertz CT molecular complexity index is 670. The van der Waals surface area contributed by atoms with Crippen LogP contribution in [0.15, 0.2) is 18.0 Å². The molecule has 0 aliphatic heterocycles. The molecule has 0 fully saturated rings. The van der Waals surface area contributed by atoms with E-state index in [2.05, 4.69) is 19.9 Å². The third-order valence-electron chi connectivity index (χ3n) is 2.48. The van der Waals surface area contributed by atoms with Crippen LogP contribution < -0.4 is 10.3 Å². The lowest BCUT2D eigenvalue weighted by Gasteiger charge is -1.98. The maximum Gasteiger partial charge on any atom is 0.293 e. The highest BCUT2D eigenvalue weighted by molar-refractivity contribution is 7.09. The number of hydrogen-bond acceptors (Lipinski definition) is 5. The highest BCUT2D eigenvalue weighted by Crippen LogP contribution is 2.11. The molecule has 0 aromatic carbocycles. The molecule has 0 unspecified atom stereocenters. The van der Waals surface area contributed by atoms with E-state index in [0.717, 1.165) is 21.9 Å². The molecule has 0 spiro atoms. The summed E-state index contributed by atoms with van der Waals surface area (Å²) in [5.74, 6) is 0.461. The van der Waals surface area contributed by atoms with Gasteiger partial charge in [-0.15, -0.1) is 11.3 Å². The Morgan fingerprint density at radius 3 is 3.12 bits per heavy atom. The van der Waals surface area contributed by atoms with Crippen LogP contribution >= 0.6 is 11.3 Å². The Hall–Kier alpha value is -2.02. The zero-order valence-electron chi connectivity index (χ0n) is 9.21. The second-order valence-electron chi connectivity index (χ2n) is 3.72. The maximum absolute atomic E-state index is 5.76. The predicted octanol–water partition coefficient (Wildman–Crippen LogP) is 0.641. The summed E-state index contributed by atoms with van der Waals surface area (Å²) in [7, 11) is 0. The first-order valence-electron chi connectivity index (χ1n) is 5.12. The van der Waals surface area contributed by atoms with E-state index in [1.54, 1.807) is 24.0 Å². The van der Waals surface area contributed by atoms with Gasteiger partial charge in [-0.3, -0.25) is 0 Å². The minimum Gasteiger partial charge on any atom is -0.368 e. The van der Waals surface area contributed by atoms with Crippen LogP contribution in [0.4, 0.5) is 5.82 Å². The number of aryl methyl sites for hydroxylation is 1. The molecule has 17 heavy (non-hydrogen) atoms. The quantitative estimate of drug-likeness (QED) is 0.651. The normalized spacial score (nSPS) is 11.1. The van der Waals surface area contributed by atoms with E-state index in [1.165, 1.54) is 0 Å². The number of rotatable bonds is 2. The van der Waals surface area contributed by atoms with Crippen molar-refractivity contribution >= 4 is 28.3 Å². The molecule has 3 aromatic rings. The van der Waals surface area contributed by atoms with E-state index in [9.17, 15) is 0 Å². The van der Waals surface area contributed by atoms with Gasteiger partial charge in [0, 0.05) is 5.38 Å². The molecule has 86 valence electrons. The topological polar surface area (TPSA) is 84.4 Å². The van der Waals surface area contributed by atoms with Crippen molar-refractivity contribution in [2.45, 2.75) is 13.5 Å². The van der Waals surface area contributed by atoms with Crippen LogP contribution in [0.25, 0.3) is 11.2 Å². The third-order valence-corrected chi connectivity index (χ3v) is 3.30. The minimum absolute atomic E-state index is 0.461. The number of nitrogens with zero attached hydrogens (tertiary/aromatic N) is 4. The van der Waals surface area contributed by atoms with E-state index in [1.807, 2.05) is 16.9 Å². The Morgan fingerprint density at radius 1 is 1.47 bits per heavy atom. The molecule has 7 heteroatoms. The molecule has 0 aliphatic carbocycles. The van der Waals surface area contributed by atoms with Gasteiger partial charge in [0.25, 0.3) is 5.65 Å². The zero-order valence-corrected chi connectivity index (χ0v) is 10.0. The van der Waals surface area contributed by atoms with Crippen molar-refractivity contribution in [3.63, 3.8) is 0 Å². The van der Waals surface area contributed by atoms with Gasteiger partial charge in [0.2, 0.25) is 12.1 Å². The summed E-state index contributed by atoms with van der Waals surface area (Å²) in [5, 5.41) is 3.10. The maximum atomic E-state index is 5.76. The fraction of sp³-hybridized carbons (Fsp3) is 0.200. The molecular weight excluding hydrogens is 236 g/mol. The summed E-state index contributed by atoms with van der Waals surface area (Å²) in [5.41, 5.74) is 8.32. The lowest BCUT2D eigenvalue weighted by molar-refractivity contribution is -0.667. The number of nitrogens with one attached hydrogen (secondary N) is 1. The summed E-state index contributed by atoms with van der Waals surface area (Å²) in [4.78, 5) is 15.8. The van der Waals surface area contributed by atoms with Crippen molar-refractivity contribution in [1.82, 2.24) is 19.9 Å². The largest absolute Gasteiger partial charge is 0.368 e. The summed E-state index contributed by atoms with van der Waals surface area (Å²) in [6.45, 7) is 2.64. The van der Waals surface area contributed by atoms with E-state index in [-0.39, 0.29) is 0 Å². The number of aromatic nitrogens is 5. The Kier molecular flexibility index (Phi) is 2.25. The molecule has 0 saturated heterocycles. The number of aromatic amines is 1. The first-order chi connectivity index (χ1) is 8.24. The van der Waals surface area contributed by atoms with Gasteiger partial charge in [-0.05, 0) is 6.92 Å². The minimum atomic E-state index is 0.461. The van der Waals surface area contributed by atoms with Crippen LogP contribution in [0.1, 0.15) is 10.7 Å². The number of fused-ring (bicyclic) bond motifs is 1. The Morgan fingerprint density at radius 2 is 2.35 bits per heavy atom. The lowest BCUT2D eigenvalue weighted by Crippen LogP contribution is -2.36. The van der Waals surface area contributed by atoms with Crippen molar-refractivity contribution in [1.29, 1.82) is 0 Å². The summed E-state index contributed by atoms with van der Waals surface area (Å²) >= 11 is 1.64. The molecule has 0 saturated carbocycles. The van der Waals surface area contributed by atoms with Crippen molar-refractivity contribution in [3.05, 3.63) is 28.7 Å². The highest BCUT2D eigenvalue weighted by atomic mass is 32.1. The molecule has 0 aliphatic rings. The van der Waals surface area contributed by atoms with Gasteiger partial charge in [0.1, 0.15) is 6.54 Å². The average molecular weight is 247 g/mol. The van der Waals surface area contributed by atoms with Gasteiger partial charge in [0.05, 0.1) is 10.7 Å². The molecule has 3 rings (SSSR count). The number of imidazole rings is 1.